The summed E-state index contributed by atoms with van der Waals surface area (Å²) >= 11 is 0. The van der Waals surface area contributed by atoms with E-state index in [-0.39, 0.29) is 18.3 Å². The molecule has 0 aliphatic carbocycles. The van der Waals surface area contributed by atoms with Crippen molar-refractivity contribution in [3.8, 4) is 0 Å². The van der Waals surface area contributed by atoms with Crippen LogP contribution in [0.5, 0.6) is 0 Å². The molecule has 0 bridgehead atoms. The van der Waals surface area contributed by atoms with Gasteiger partial charge in [-0.1, -0.05) is 0 Å². The van der Waals surface area contributed by atoms with Crippen LogP contribution in [-0.2, 0) is 0 Å². The summed E-state index contributed by atoms with van der Waals surface area (Å²) in [6.45, 7) is 5.80. The van der Waals surface area contributed by atoms with E-state index in [1.807, 2.05) is 25.3 Å². The number of rotatable bonds is 6. The molecule has 0 aromatic carbocycles. The lowest BCUT2D eigenvalue weighted by molar-refractivity contribution is 0.0691. The Morgan fingerprint density at radius 2 is 2.03 bits per heavy atom. The molecule has 1 saturated heterocycles. The molecule has 3 aromatic rings. The van der Waals surface area contributed by atoms with E-state index < -0.39 is 5.97 Å². The molecule has 3 aromatic heterocycles. The number of nitrogens with one attached hydrogen (secondary N) is 2. The first-order valence-corrected chi connectivity index (χ1v) is 9.45. The quantitative estimate of drug-likeness (QED) is 0.486. The number of aliphatic hydroxyl groups is 1. The van der Waals surface area contributed by atoms with E-state index in [9.17, 15) is 9.90 Å². The predicted octanol–water partition coefficient (Wildman–Crippen LogP) is 1.30. The number of carbonyl (C=O) groups is 1. The Labute approximate surface area is 167 Å². The van der Waals surface area contributed by atoms with E-state index >= 15 is 0 Å². The van der Waals surface area contributed by atoms with Crippen LogP contribution in [0.2, 0.25) is 0 Å². The minimum Gasteiger partial charge on any atom is -0.477 e. The summed E-state index contributed by atoms with van der Waals surface area (Å²) in [6.07, 6.45) is 3.37. The van der Waals surface area contributed by atoms with Crippen LogP contribution in [-0.4, -0.2) is 79.8 Å². The fourth-order valence-electron chi connectivity index (χ4n) is 3.39. The summed E-state index contributed by atoms with van der Waals surface area (Å²) < 4.78 is 0. The molecule has 0 amide bonds. The Morgan fingerprint density at radius 3 is 2.69 bits per heavy atom. The van der Waals surface area contributed by atoms with Crippen molar-refractivity contribution in [3.63, 3.8) is 0 Å². The van der Waals surface area contributed by atoms with E-state index in [2.05, 4.69) is 35.1 Å². The maximum Gasteiger partial charge on any atom is 0.352 e. The highest BCUT2D eigenvalue weighted by Crippen LogP contribution is 2.20. The third-order valence-electron chi connectivity index (χ3n) is 5.16. The van der Waals surface area contributed by atoms with Crippen LogP contribution in [0.15, 0.2) is 30.6 Å². The molecule has 0 saturated carbocycles. The summed E-state index contributed by atoms with van der Waals surface area (Å²) in [7, 11) is 0. The number of carboxylic acids is 1. The number of aromatic nitrogens is 4. The first kappa shape index (κ1) is 19.1. The second kappa shape index (κ2) is 8.02. The average Bonchev–Trinajstić information content (AvgIpc) is 3.18. The summed E-state index contributed by atoms with van der Waals surface area (Å²) in [5.41, 5.74) is 1.56. The molecule has 0 spiro atoms. The lowest BCUT2D eigenvalue weighted by Gasteiger charge is -2.38. The van der Waals surface area contributed by atoms with Gasteiger partial charge in [0.2, 0.25) is 5.95 Å². The number of aliphatic hydroxyl groups excluding tert-OH is 1. The van der Waals surface area contributed by atoms with E-state index in [1.165, 1.54) is 6.07 Å². The highest BCUT2D eigenvalue weighted by Gasteiger charge is 2.21. The number of hydrogen-bond donors (Lipinski definition) is 4. The van der Waals surface area contributed by atoms with Gasteiger partial charge in [0.25, 0.3) is 0 Å². The van der Waals surface area contributed by atoms with Crippen LogP contribution >= 0.6 is 0 Å². The zero-order valence-electron chi connectivity index (χ0n) is 16.0. The molecule has 29 heavy (non-hydrogen) atoms. The topological polar surface area (TPSA) is 130 Å². The number of piperazine rings is 1. The molecule has 4 N–H and O–H groups in total. The second-order valence-corrected chi connectivity index (χ2v) is 7.07. The molecule has 4 heterocycles. The number of nitrogens with zero attached hydrogens (tertiary/aromatic N) is 5. The largest absolute Gasteiger partial charge is 0.477 e. The van der Waals surface area contributed by atoms with E-state index in [0.717, 1.165) is 31.9 Å². The summed E-state index contributed by atoms with van der Waals surface area (Å²) in [6, 6.07) is 5.54. The smallest absolute Gasteiger partial charge is 0.352 e. The lowest BCUT2D eigenvalue weighted by atomic mass is 10.2. The first-order valence-electron chi connectivity index (χ1n) is 9.45. The normalized spacial score (nSPS) is 16.1. The van der Waals surface area contributed by atoms with Crippen LogP contribution in [0.25, 0.3) is 11.0 Å². The van der Waals surface area contributed by atoms with Gasteiger partial charge < -0.3 is 25.4 Å². The van der Waals surface area contributed by atoms with Crippen molar-refractivity contribution in [2.75, 3.05) is 43.0 Å². The monoisotopic (exact) mass is 397 g/mol. The zero-order chi connectivity index (χ0) is 20.4. The molecule has 1 aliphatic rings. The minimum absolute atomic E-state index is 0.0717. The standard InChI is InChI=1S/C19H23N7O3/c1-12(11-27)25-4-6-26(7-5-25)14-2-3-16(20-10-14)23-19-21-9-13-8-15(18(28)29)22-17(13)24-19/h2-3,8-10,12,27H,4-7,11H2,1H3,(H,28,29)(H2,20,21,22,23,24). The minimum atomic E-state index is -1.04. The summed E-state index contributed by atoms with van der Waals surface area (Å²) in [5.74, 6) is -0.102. The van der Waals surface area contributed by atoms with Crippen LogP contribution in [0.4, 0.5) is 17.5 Å². The van der Waals surface area contributed by atoms with Crippen molar-refractivity contribution in [2.24, 2.45) is 0 Å². The van der Waals surface area contributed by atoms with Crippen molar-refractivity contribution >= 4 is 34.5 Å². The van der Waals surface area contributed by atoms with Gasteiger partial charge in [0.05, 0.1) is 18.5 Å². The third-order valence-corrected chi connectivity index (χ3v) is 5.16. The number of pyridine rings is 1. The van der Waals surface area contributed by atoms with E-state index in [4.69, 9.17) is 5.11 Å². The number of carboxylic acid groups (broad SMARTS) is 1. The fraction of sp³-hybridized carbons (Fsp3) is 0.368. The van der Waals surface area contributed by atoms with Crippen LogP contribution in [0.3, 0.4) is 0 Å². The molecule has 1 unspecified atom stereocenters. The number of hydrogen-bond acceptors (Lipinski definition) is 8. The summed E-state index contributed by atoms with van der Waals surface area (Å²) in [5, 5.41) is 22.0. The van der Waals surface area contributed by atoms with Crippen molar-refractivity contribution in [1.29, 1.82) is 0 Å². The molecule has 4 rings (SSSR count). The summed E-state index contributed by atoms with van der Waals surface area (Å²) in [4.78, 5) is 31.3. The van der Waals surface area contributed by atoms with E-state index in [0.29, 0.717) is 22.8 Å². The molecule has 0 radical (unpaired) electrons. The number of aromatic amines is 1. The van der Waals surface area contributed by atoms with Gasteiger partial charge in [0.1, 0.15) is 17.2 Å². The van der Waals surface area contributed by atoms with Crippen LogP contribution < -0.4 is 10.2 Å². The van der Waals surface area contributed by atoms with Gasteiger partial charge in [0, 0.05) is 43.8 Å². The molecule has 1 aliphatic heterocycles. The SMILES string of the molecule is CC(CO)N1CCN(c2ccc(Nc3ncc4cc(C(=O)O)[nH]c4n3)nc2)CC1. The maximum absolute atomic E-state index is 11.1. The lowest BCUT2D eigenvalue weighted by Crippen LogP contribution is -2.50. The van der Waals surface area contributed by atoms with Gasteiger partial charge >= 0.3 is 5.97 Å². The number of aromatic carboxylic acids is 1. The Balaban J connectivity index is 1.41. The molecular weight excluding hydrogens is 374 g/mol. The predicted molar refractivity (Wildman–Crippen MR) is 109 cm³/mol. The van der Waals surface area contributed by atoms with Crippen molar-refractivity contribution in [3.05, 3.63) is 36.3 Å². The van der Waals surface area contributed by atoms with Gasteiger partial charge in [-0.05, 0) is 25.1 Å². The highest BCUT2D eigenvalue weighted by atomic mass is 16.4. The van der Waals surface area contributed by atoms with Crippen molar-refractivity contribution in [1.82, 2.24) is 24.8 Å². The third kappa shape index (κ3) is 4.13. The second-order valence-electron chi connectivity index (χ2n) is 7.07. The van der Waals surface area contributed by atoms with Crippen LogP contribution in [0.1, 0.15) is 17.4 Å². The average molecular weight is 397 g/mol. The Bertz CT molecular complexity index is 997. The van der Waals surface area contributed by atoms with Crippen molar-refractivity contribution < 1.29 is 15.0 Å². The molecular formula is C19H23N7O3. The van der Waals surface area contributed by atoms with Gasteiger partial charge in [-0.3, -0.25) is 4.90 Å². The molecule has 1 atom stereocenters. The maximum atomic E-state index is 11.1. The number of anilines is 3. The zero-order valence-corrected chi connectivity index (χ0v) is 16.0. The number of H-pyrrole nitrogens is 1. The Hall–Kier alpha value is -3.24. The molecule has 152 valence electrons. The van der Waals surface area contributed by atoms with Gasteiger partial charge in [-0.25, -0.2) is 14.8 Å². The van der Waals surface area contributed by atoms with Gasteiger partial charge in [-0.2, -0.15) is 4.98 Å². The van der Waals surface area contributed by atoms with Crippen molar-refractivity contribution in [2.45, 2.75) is 13.0 Å². The molecule has 10 nitrogen and oxygen atoms in total. The van der Waals surface area contributed by atoms with Gasteiger partial charge in [-0.15, -0.1) is 0 Å². The fourth-order valence-corrected chi connectivity index (χ4v) is 3.39. The number of fused-ring (bicyclic) bond motifs is 1. The van der Waals surface area contributed by atoms with Gasteiger partial charge in [0.15, 0.2) is 0 Å². The Kier molecular flexibility index (Phi) is 5.28. The molecule has 10 heteroatoms. The first-order chi connectivity index (χ1) is 14.0. The Morgan fingerprint density at radius 1 is 1.24 bits per heavy atom. The van der Waals surface area contributed by atoms with Crippen LogP contribution in [0, 0.1) is 0 Å². The highest BCUT2D eigenvalue weighted by molar-refractivity contribution is 5.92. The van der Waals surface area contributed by atoms with E-state index in [1.54, 1.807) is 6.20 Å². The molecule has 1 fully saturated rings.